The summed E-state index contributed by atoms with van der Waals surface area (Å²) in [6.45, 7) is 3.44. The van der Waals surface area contributed by atoms with Crippen molar-refractivity contribution in [1.82, 2.24) is 0 Å². The van der Waals surface area contributed by atoms with Gasteiger partial charge < -0.3 is 9.47 Å². The molecule has 0 amide bonds. The van der Waals surface area contributed by atoms with Crippen LogP contribution in [0.4, 0.5) is 0 Å². The Balaban J connectivity index is 2.80. The molecule has 1 aromatic carbocycles. The van der Waals surface area contributed by atoms with Crippen LogP contribution in [0.1, 0.15) is 5.56 Å². The maximum atomic E-state index is 11.5. The van der Waals surface area contributed by atoms with E-state index >= 15 is 0 Å². The fourth-order valence-electron chi connectivity index (χ4n) is 1.29. The van der Waals surface area contributed by atoms with Crippen molar-refractivity contribution >= 4 is 12.0 Å². The summed E-state index contributed by atoms with van der Waals surface area (Å²) in [7, 11) is 0. The molecule has 0 atom stereocenters. The van der Waals surface area contributed by atoms with Gasteiger partial charge in [0.1, 0.15) is 30.1 Å². The number of esters is 1. The van der Waals surface area contributed by atoms with E-state index in [-0.39, 0.29) is 18.8 Å². The van der Waals surface area contributed by atoms with Gasteiger partial charge in [0.15, 0.2) is 6.61 Å². The fourth-order valence-corrected chi connectivity index (χ4v) is 1.29. The molecule has 0 saturated heterocycles. The summed E-state index contributed by atoms with van der Waals surface area (Å²) >= 11 is 0. The summed E-state index contributed by atoms with van der Waals surface area (Å²) in [4.78, 5) is 11.5. The SMILES string of the molecule is C=CCOC(=O)/C(C#N)=C/c1ccc(OCC#N)cc1. The highest BCUT2D eigenvalue weighted by Crippen LogP contribution is 2.14. The lowest BCUT2D eigenvalue weighted by atomic mass is 10.1. The summed E-state index contributed by atoms with van der Waals surface area (Å²) < 4.78 is 9.88. The van der Waals surface area contributed by atoms with Gasteiger partial charge in [-0.1, -0.05) is 24.8 Å². The molecule has 0 heterocycles. The number of hydrogen-bond donors (Lipinski definition) is 0. The highest BCUT2D eigenvalue weighted by molar-refractivity contribution is 5.97. The van der Waals surface area contributed by atoms with Crippen LogP contribution in [0.5, 0.6) is 5.75 Å². The fraction of sp³-hybridized carbons (Fsp3) is 0.133. The third-order valence-electron chi connectivity index (χ3n) is 2.17. The molecule has 0 N–H and O–H groups in total. The highest BCUT2D eigenvalue weighted by atomic mass is 16.5. The largest absolute Gasteiger partial charge is 0.479 e. The zero-order valence-corrected chi connectivity index (χ0v) is 10.7. The predicted molar refractivity (Wildman–Crippen MR) is 72.3 cm³/mol. The van der Waals surface area contributed by atoms with E-state index in [0.29, 0.717) is 11.3 Å². The lowest BCUT2D eigenvalue weighted by Crippen LogP contribution is -2.06. The Labute approximate surface area is 117 Å². The predicted octanol–water partition coefficient (Wildman–Crippen LogP) is 2.23. The molecule has 5 heteroatoms. The summed E-state index contributed by atoms with van der Waals surface area (Å²) in [5.41, 5.74) is 0.555. The van der Waals surface area contributed by atoms with Gasteiger partial charge >= 0.3 is 5.97 Å². The highest BCUT2D eigenvalue weighted by Gasteiger charge is 2.09. The van der Waals surface area contributed by atoms with Crippen LogP contribution in [0.25, 0.3) is 6.08 Å². The van der Waals surface area contributed by atoms with Gasteiger partial charge in [-0.05, 0) is 23.8 Å². The number of carbonyl (C=O) groups is 1. The minimum absolute atomic E-state index is 0.0352. The molecule has 0 aliphatic carbocycles. The van der Waals surface area contributed by atoms with Crippen LogP contribution in [0, 0.1) is 22.7 Å². The number of benzene rings is 1. The first kappa shape index (κ1) is 15.0. The smallest absolute Gasteiger partial charge is 0.349 e. The molecular formula is C15H12N2O3. The Morgan fingerprint density at radius 1 is 1.30 bits per heavy atom. The summed E-state index contributed by atoms with van der Waals surface area (Å²) in [6.07, 6.45) is 2.84. The standard InChI is InChI=1S/C15H12N2O3/c1-2-8-20-15(18)13(11-17)10-12-3-5-14(6-4-12)19-9-7-16/h2-6,10H,1,8-9H2/b13-10+. The third-order valence-corrected chi connectivity index (χ3v) is 2.17. The molecule has 0 fully saturated rings. The van der Waals surface area contributed by atoms with Crippen LogP contribution in [0.2, 0.25) is 0 Å². The Morgan fingerprint density at radius 3 is 2.55 bits per heavy atom. The summed E-state index contributed by atoms with van der Waals surface area (Å²) in [6, 6.07) is 10.3. The number of ether oxygens (including phenoxy) is 2. The average molecular weight is 268 g/mol. The van der Waals surface area contributed by atoms with Crippen LogP contribution in [-0.2, 0) is 9.53 Å². The lowest BCUT2D eigenvalue weighted by molar-refractivity contribution is -0.137. The number of carbonyl (C=O) groups excluding carboxylic acids is 1. The van der Waals surface area contributed by atoms with E-state index < -0.39 is 5.97 Å². The molecule has 1 aromatic rings. The van der Waals surface area contributed by atoms with Crippen LogP contribution in [-0.4, -0.2) is 19.2 Å². The van der Waals surface area contributed by atoms with E-state index in [2.05, 4.69) is 6.58 Å². The Morgan fingerprint density at radius 2 is 2.00 bits per heavy atom. The first-order chi connectivity index (χ1) is 9.71. The van der Waals surface area contributed by atoms with E-state index in [0.717, 1.165) is 0 Å². The van der Waals surface area contributed by atoms with Crippen molar-refractivity contribution < 1.29 is 14.3 Å². The van der Waals surface area contributed by atoms with E-state index in [4.69, 9.17) is 20.0 Å². The minimum atomic E-state index is -0.697. The monoisotopic (exact) mass is 268 g/mol. The normalized spacial score (nSPS) is 10.0. The zero-order valence-electron chi connectivity index (χ0n) is 10.7. The Bertz CT molecular complexity index is 589. The van der Waals surface area contributed by atoms with E-state index in [1.165, 1.54) is 12.2 Å². The van der Waals surface area contributed by atoms with Gasteiger partial charge in [-0.2, -0.15) is 10.5 Å². The van der Waals surface area contributed by atoms with Gasteiger partial charge in [0.05, 0.1) is 0 Å². The van der Waals surface area contributed by atoms with Crippen molar-refractivity contribution in [1.29, 1.82) is 10.5 Å². The van der Waals surface area contributed by atoms with Crippen LogP contribution in [0.3, 0.4) is 0 Å². The van der Waals surface area contributed by atoms with Crippen molar-refractivity contribution in [2.24, 2.45) is 0 Å². The van der Waals surface area contributed by atoms with E-state index in [1.54, 1.807) is 30.3 Å². The zero-order chi connectivity index (χ0) is 14.8. The van der Waals surface area contributed by atoms with Gasteiger partial charge in [0.2, 0.25) is 0 Å². The van der Waals surface area contributed by atoms with Gasteiger partial charge in [-0.25, -0.2) is 4.79 Å². The molecular weight excluding hydrogens is 256 g/mol. The molecule has 0 unspecified atom stereocenters. The van der Waals surface area contributed by atoms with Crippen molar-refractivity contribution in [2.75, 3.05) is 13.2 Å². The van der Waals surface area contributed by atoms with E-state index in [1.807, 2.05) is 6.07 Å². The van der Waals surface area contributed by atoms with Gasteiger partial charge in [-0.15, -0.1) is 0 Å². The maximum Gasteiger partial charge on any atom is 0.349 e. The first-order valence-electron chi connectivity index (χ1n) is 5.71. The summed E-state index contributed by atoms with van der Waals surface area (Å²) in [5, 5.41) is 17.3. The van der Waals surface area contributed by atoms with E-state index in [9.17, 15) is 4.79 Å². The van der Waals surface area contributed by atoms with Crippen molar-refractivity contribution in [3.05, 3.63) is 48.1 Å². The second-order valence-electron chi connectivity index (χ2n) is 3.57. The number of hydrogen-bond acceptors (Lipinski definition) is 5. The van der Waals surface area contributed by atoms with Crippen molar-refractivity contribution in [3.63, 3.8) is 0 Å². The second kappa shape index (κ2) is 8.12. The number of nitrogens with zero attached hydrogens (tertiary/aromatic N) is 2. The van der Waals surface area contributed by atoms with Crippen LogP contribution in [0.15, 0.2) is 42.5 Å². The second-order valence-corrected chi connectivity index (χ2v) is 3.57. The molecule has 0 spiro atoms. The van der Waals surface area contributed by atoms with Gasteiger partial charge in [0, 0.05) is 0 Å². The van der Waals surface area contributed by atoms with Gasteiger partial charge in [-0.3, -0.25) is 0 Å². The molecule has 20 heavy (non-hydrogen) atoms. The topological polar surface area (TPSA) is 83.1 Å². The van der Waals surface area contributed by atoms with Crippen LogP contribution >= 0.6 is 0 Å². The molecule has 0 bridgehead atoms. The quantitative estimate of drug-likeness (QED) is 0.342. The number of nitriles is 2. The third kappa shape index (κ3) is 4.67. The van der Waals surface area contributed by atoms with Gasteiger partial charge in [0.25, 0.3) is 0 Å². The van der Waals surface area contributed by atoms with Crippen molar-refractivity contribution in [3.8, 4) is 17.9 Å². The lowest BCUT2D eigenvalue weighted by Gasteiger charge is -2.02. The molecule has 100 valence electrons. The van der Waals surface area contributed by atoms with Crippen LogP contribution < -0.4 is 4.74 Å². The Kier molecular flexibility index (Phi) is 6.10. The average Bonchev–Trinajstić information content (AvgIpc) is 2.49. The summed E-state index contributed by atoms with van der Waals surface area (Å²) in [5.74, 6) is -0.159. The molecule has 0 aliphatic heterocycles. The Hall–Kier alpha value is -3.05. The van der Waals surface area contributed by atoms with Crippen molar-refractivity contribution in [2.45, 2.75) is 0 Å². The molecule has 0 aromatic heterocycles. The molecule has 5 nitrogen and oxygen atoms in total. The molecule has 1 rings (SSSR count). The molecule has 0 aliphatic rings. The number of rotatable bonds is 6. The maximum absolute atomic E-state index is 11.5. The minimum Gasteiger partial charge on any atom is -0.479 e. The molecule has 0 radical (unpaired) electrons. The molecule has 0 saturated carbocycles. The first-order valence-corrected chi connectivity index (χ1v) is 5.71.